The van der Waals surface area contributed by atoms with Crippen molar-refractivity contribution >= 4 is 0 Å². The number of rotatable bonds is 5. The summed E-state index contributed by atoms with van der Waals surface area (Å²) in [6.07, 6.45) is 5.16. The lowest BCUT2D eigenvalue weighted by molar-refractivity contribution is 0.0695. The third-order valence-electron chi connectivity index (χ3n) is 3.31. The zero-order valence-corrected chi connectivity index (χ0v) is 10.6. The van der Waals surface area contributed by atoms with Crippen molar-refractivity contribution < 1.29 is 5.11 Å². The molecule has 0 radical (unpaired) electrons. The zero-order chi connectivity index (χ0) is 12.0. The van der Waals surface area contributed by atoms with Crippen LogP contribution in [0.25, 0.3) is 0 Å². The van der Waals surface area contributed by atoms with Crippen LogP contribution in [0.5, 0.6) is 0 Å². The van der Waals surface area contributed by atoms with E-state index in [2.05, 4.69) is 11.0 Å². The van der Waals surface area contributed by atoms with Crippen LogP contribution in [0, 0.1) is 16.7 Å². The molecule has 0 amide bonds. The van der Waals surface area contributed by atoms with Crippen molar-refractivity contribution in [1.29, 1.82) is 5.26 Å². The molecule has 1 rings (SSSR count). The lowest BCUT2D eigenvalue weighted by Crippen LogP contribution is -2.38. The van der Waals surface area contributed by atoms with Gasteiger partial charge in [0.25, 0.3) is 0 Å². The second-order valence-corrected chi connectivity index (χ2v) is 5.55. The molecule has 0 aromatic heterocycles. The molecule has 0 bridgehead atoms. The highest BCUT2D eigenvalue weighted by Gasteiger charge is 2.18. The number of aliphatic hydroxyl groups excluding tert-OH is 1. The molecule has 0 aromatic rings. The average molecular weight is 224 g/mol. The van der Waals surface area contributed by atoms with Crippen molar-refractivity contribution in [3.05, 3.63) is 0 Å². The van der Waals surface area contributed by atoms with Gasteiger partial charge in [0.05, 0.1) is 17.6 Å². The normalized spacial score (nSPS) is 23.0. The Hall–Kier alpha value is -0.590. The predicted molar refractivity (Wildman–Crippen MR) is 64.9 cm³/mol. The summed E-state index contributed by atoms with van der Waals surface area (Å²) in [5, 5.41) is 18.4. The molecule has 0 aromatic carbocycles. The smallest absolute Gasteiger partial charge is 0.0683 e. The van der Waals surface area contributed by atoms with E-state index in [1.807, 2.05) is 13.8 Å². The Labute approximate surface area is 99.1 Å². The average Bonchev–Trinajstić information content (AvgIpc) is 2.25. The second-order valence-electron chi connectivity index (χ2n) is 5.55. The quantitative estimate of drug-likeness (QED) is 0.728. The van der Waals surface area contributed by atoms with Crippen LogP contribution < -0.4 is 0 Å². The molecule has 0 spiro atoms. The Bertz CT molecular complexity index is 245. The number of hydrogen-bond donors (Lipinski definition) is 1. The van der Waals surface area contributed by atoms with Gasteiger partial charge in [0.2, 0.25) is 0 Å². The highest BCUT2D eigenvalue weighted by molar-refractivity contribution is 4.91. The SMILES string of the molecule is CC(C)(C#N)CCCCN1CCC[C@H](O)C1. The molecule has 1 aliphatic heterocycles. The lowest BCUT2D eigenvalue weighted by Gasteiger charge is -2.30. The molecule has 3 heteroatoms. The van der Waals surface area contributed by atoms with Gasteiger partial charge in [-0.1, -0.05) is 6.42 Å². The number of nitriles is 1. The van der Waals surface area contributed by atoms with E-state index in [4.69, 9.17) is 5.26 Å². The van der Waals surface area contributed by atoms with Crippen LogP contribution in [-0.4, -0.2) is 35.7 Å². The van der Waals surface area contributed by atoms with Gasteiger partial charge in [-0.25, -0.2) is 0 Å². The number of unbranched alkanes of at least 4 members (excludes halogenated alkanes) is 1. The van der Waals surface area contributed by atoms with Crippen LogP contribution in [0.3, 0.4) is 0 Å². The Kier molecular flexibility index (Phi) is 5.24. The van der Waals surface area contributed by atoms with E-state index in [1.165, 1.54) is 0 Å². The third-order valence-corrected chi connectivity index (χ3v) is 3.31. The summed E-state index contributed by atoms with van der Waals surface area (Å²) >= 11 is 0. The largest absolute Gasteiger partial charge is 0.392 e. The van der Waals surface area contributed by atoms with Gasteiger partial charge in [0.15, 0.2) is 0 Å². The number of hydrogen-bond acceptors (Lipinski definition) is 3. The zero-order valence-electron chi connectivity index (χ0n) is 10.6. The number of aliphatic hydroxyl groups is 1. The molecular weight excluding hydrogens is 200 g/mol. The first-order valence-corrected chi connectivity index (χ1v) is 6.35. The van der Waals surface area contributed by atoms with E-state index in [0.29, 0.717) is 0 Å². The Morgan fingerprint density at radius 2 is 2.19 bits per heavy atom. The molecule has 0 saturated carbocycles. The lowest BCUT2D eigenvalue weighted by atomic mass is 9.89. The molecule has 92 valence electrons. The Balaban J connectivity index is 2.09. The summed E-state index contributed by atoms with van der Waals surface area (Å²) in [4.78, 5) is 2.34. The number of piperidine rings is 1. The minimum absolute atomic E-state index is 0.121. The maximum Gasteiger partial charge on any atom is 0.0683 e. The number of nitrogens with zero attached hydrogens (tertiary/aromatic N) is 2. The third kappa shape index (κ3) is 4.96. The molecule has 0 unspecified atom stereocenters. The van der Waals surface area contributed by atoms with E-state index >= 15 is 0 Å². The summed E-state index contributed by atoms with van der Waals surface area (Å²) in [5.41, 5.74) is -0.179. The minimum Gasteiger partial charge on any atom is -0.392 e. The van der Waals surface area contributed by atoms with E-state index in [-0.39, 0.29) is 11.5 Å². The molecule has 1 atom stereocenters. The second kappa shape index (κ2) is 6.22. The van der Waals surface area contributed by atoms with Crippen molar-refractivity contribution in [1.82, 2.24) is 4.90 Å². The van der Waals surface area contributed by atoms with Gasteiger partial charge in [-0.3, -0.25) is 0 Å². The maximum atomic E-state index is 9.52. The molecule has 1 heterocycles. The Morgan fingerprint density at radius 3 is 2.81 bits per heavy atom. The fraction of sp³-hybridized carbons (Fsp3) is 0.923. The first-order valence-electron chi connectivity index (χ1n) is 6.35. The van der Waals surface area contributed by atoms with Gasteiger partial charge in [-0.2, -0.15) is 5.26 Å². The first kappa shape index (κ1) is 13.5. The van der Waals surface area contributed by atoms with E-state index in [0.717, 1.165) is 51.7 Å². The highest BCUT2D eigenvalue weighted by atomic mass is 16.3. The number of likely N-dealkylation sites (tertiary alicyclic amines) is 1. The topological polar surface area (TPSA) is 47.3 Å². The van der Waals surface area contributed by atoms with Crippen LogP contribution in [0.1, 0.15) is 46.0 Å². The van der Waals surface area contributed by atoms with Crippen molar-refractivity contribution in [2.75, 3.05) is 19.6 Å². The summed E-state index contributed by atoms with van der Waals surface area (Å²) in [6, 6.07) is 2.33. The monoisotopic (exact) mass is 224 g/mol. The van der Waals surface area contributed by atoms with E-state index < -0.39 is 0 Å². The first-order chi connectivity index (χ1) is 7.53. The molecule has 1 aliphatic rings. The van der Waals surface area contributed by atoms with Crippen molar-refractivity contribution in [3.63, 3.8) is 0 Å². The van der Waals surface area contributed by atoms with E-state index in [9.17, 15) is 5.11 Å². The van der Waals surface area contributed by atoms with Crippen molar-refractivity contribution in [3.8, 4) is 6.07 Å². The standard InChI is InChI=1S/C13H24N2O/c1-13(2,11-14)7-3-4-8-15-9-5-6-12(16)10-15/h12,16H,3-10H2,1-2H3/t12-/m0/s1. The van der Waals surface area contributed by atoms with Gasteiger partial charge >= 0.3 is 0 Å². The maximum absolute atomic E-state index is 9.52. The number of β-amino-alcohol motifs (C(OH)–C–C–N with tert-alkyl or cyclic N) is 1. The minimum atomic E-state index is -0.179. The molecule has 3 nitrogen and oxygen atoms in total. The summed E-state index contributed by atoms with van der Waals surface area (Å²) < 4.78 is 0. The van der Waals surface area contributed by atoms with Crippen LogP contribution in [0.15, 0.2) is 0 Å². The van der Waals surface area contributed by atoms with Gasteiger partial charge in [-0.05, 0) is 52.6 Å². The fourth-order valence-electron chi connectivity index (χ4n) is 2.19. The van der Waals surface area contributed by atoms with Crippen LogP contribution >= 0.6 is 0 Å². The van der Waals surface area contributed by atoms with Crippen LogP contribution in [0.2, 0.25) is 0 Å². The summed E-state index contributed by atoms with van der Waals surface area (Å²) in [6.45, 7) is 7.02. The molecular formula is C13H24N2O. The molecule has 0 aliphatic carbocycles. The molecule has 1 N–H and O–H groups in total. The van der Waals surface area contributed by atoms with Crippen molar-refractivity contribution in [2.24, 2.45) is 5.41 Å². The highest BCUT2D eigenvalue weighted by Crippen LogP contribution is 2.22. The van der Waals surface area contributed by atoms with Gasteiger partial charge in [-0.15, -0.1) is 0 Å². The Morgan fingerprint density at radius 1 is 1.44 bits per heavy atom. The predicted octanol–water partition coefficient (Wildman–Crippen LogP) is 2.16. The van der Waals surface area contributed by atoms with Crippen LogP contribution in [-0.2, 0) is 0 Å². The molecule has 1 fully saturated rings. The van der Waals surface area contributed by atoms with Gasteiger partial charge < -0.3 is 10.0 Å². The molecule has 16 heavy (non-hydrogen) atoms. The fourth-order valence-corrected chi connectivity index (χ4v) is 2.19. The summed E-state index contributed by atoms with van der Waals surface area (Å²) in [5.74, 6) is 0. The van der Waals surface area contributed by atoms with Crippen molar-refractivity contribution in [2.45, 2.75) is 52.1 Å². The van der Waals surface area contributed by atoms with Crippen LogP contribution in [0.4, 0.5) is 0 Å². The summed E-state index contributed by atoms with van der Waals surface area (Å²) in [7, 11) is 0. The molecule has 1 saturated heterocycles. The van der Waals surface area contributed by atoms with Gasteiger partial charge in [0, 0.05) is 6.54 Å². The van der Waals surface area contributed by atoms with E-state index in [1.54, 1.807) is 0 Å². The van der Waals surface area contributed by atoms with Gasteiger partial charge in [0.1, 0.15) is 0 Å².